The van der Waals surface area contributed by atoms with Crippen LogP contribution in [0.4, 0.5) is 5.69 Å². The lowest BCUT2D eigenvalue weighted by atomic mass is 9.70. The Morgan fingerprint density at radius 3 is 2.83 bits per heavy atom. The summed E-state index contributed by atoms with van der Waals surface area (Å²) in [7, 11) is 2.05. The summed E-state index contributed by atoms with van der Waals surface area (Å²) >= 11 is 0. The van der Waals surface area contributed by atoms with Gasteiger partial charge in [0.1, 0.15) is 0 Å². The monoisotopic (exact) mass is 239 g/mol. The number of aryl methyl sites for hydroxylation is 1. The molecule has 0 amide bonds. The molecule has 1 aromatic heterocycles. The number of nitriles is 1. The Morgan fingerprint density at radius 2 is 2.17 bits per heavy atom. The fourth-order valence-electron chi connectivity index (χ4n) is 2.68. The van der Waals surface area contributed by atoms with E-state index in [2.05, 4.69) is 53.5 Å². The second-order valence-corrected chi connectivity index (χ2v) is 5.27. The van der Waals surface area contributed by atoms with Crippen LogP contribution in [0.5, 0.6) is 0 Å². The summed E-state index contributed by atoms with van der Waals surface area (Å²) in [5.74, 6) is 0. The average Bonchev–Trinajstić information content (AvgIpc) is 2.67. The van der Waals surface area contributed by atoms with Gasteiger partial charge in [0.15, 0.2) is 0 Å². The first kappa shape index (κ1) is 11.2. The van der Waals surface area contributed by atoms with E-state index in [1.165, 1.54) is 17.3 Å². The molecule has 1 heterocycles. The zero-order valence-corrected chi connectivity index (χ0v) is 10.6. The number of anilines is 1. The molecule has 0 atom stereocenters. The molecule has 0 spiro atoms. The fraction of sp³-hybridized carbons (Fsp3) is 0.400. The zero-order valence-electron chi connectivity index (χ0n) is 10.6. The number of nitrogens with zero attached hydrogens (tertiary/aromatic N) is 2. The van der Waals surface area contributed by atoms with Gasteiger partial charge in [-0.05, 0) is 18.9 Å². The van der Waals surface area contributed by atoms with Crippen molar-refractivity contribution in [2.75, 3.05) is 11.9 Å². The van der Waals surface area contributed by atoms with Gasteiger partial charge in [0.05, 0.1) is 17.2 Å². The molecule has 0 radical (unpaired) electrons. The molecule has 3 heteroatoms. The number of hydrogen-bond acceptors (Lipinski definition) is 2. The van der Waals surface area contributed by atoms with Crippen molar-refractivity contribution in [2.45, 2.75) is 19.3 Å². The van der Waals surface area contributed by atoms with Gasteiger partial charge in [0.2, 0.25) is 0 Å². The standard InChI is InChI=1S/C15H17N3/c1-18-9-13(12-5-2-3-6-14(12)18)17-11-15(10-16)7-4-8-15/h2-3,5-6,9,17H,4,7-8,11H2,1H3. The molecule has 3 nitrogen and oxygen atoms in total. The van der Waals surface area contributed by atoms with E-state index in [9.17, 15) is 5.26 Å². The minimum atomic E-state index is -0.128. The van der Waals surface area contributed by atoms with Crippen molar-refractivity contribution in [3.8, 4) is 6.07 Å². The van der Waals surface area contributed by atoms with Crippen LogP contribution in [0.3, 0.4) is 0 Å². The van der Waals surface area contributed by atoms with Gasteiger partial charge in [-0.25, -0.2) is 0 Å². The molecule has 18 heavy (non-hydrogen) atoms. The summed E-state index contributed by atoms with van der Waals surface area (Å²) in [5, 5.41) is 13.9. The maximum atomic E-state index is 9.24. The predicted molar refractivity (Wildman–Crippen MR) is 73.3 cm³/mol. The summed E-state index contributed by atoms with van der Waals surface area (Å²) in [6, 6.07) is 10.8. The Bertz CT molecular complexity index is 614. The summed E-state index contributed by atoms with van der Waals surface area (Å²) in [6.45, 7) is 0.761. The van der Waals surface area contributed by atoms with Gasteiger partial charge in [-0.2, -0.15) is 5.26 Å². The van der Waals surface area contributed by atoms with Gasteiger partial charge in [0.25, 0.3) is 0 Å². The van der Waals surface area contributed by atoms with Gasteiger partial charge in [-0.3, -0.25) is 0 Å². The number of nitrogens with one attached hydrogen (secondary N) is 1. The van der Waals surface area contributed by atoms with E-state index >= 15 is 0 Å². The molecular weight excluding hydrogens is 222 g/mol. The largest absolute Gasteiger partial charge is 0.382 e. The zero-order chi connectivity index (χ0) is 12.6. The highest BCUT2D eigenvalue weighted by Crippen LogP contribution is 2.40. The Labute approximate surface area is 107 Å². The lowest BCUT2D eigenvalue weighted by Crippen LogP contribution is -2.34. The topological polar surface area (TPSA) is 40.8 Å². The van der Waals surface area contributed by atoms with Crippen molar-refractivity contribution >= 4 is 16.6 Å². The van der Waals surface area contributed by atoms with E-state index in [0.29, 0.717) is 0 Å². The minimum absolute atomic E-state index is 0.128. The molecule has 0 saturated heterocycles. The van der Waals surface area contributed by atoms with Gasteiger partial charge in [-0.1, -0.05) is 24.6 Å². The van der Waals surface area contributed by atoms with Crippen LogP contribution in [0.1, 0.15) is 19.3 Å². The molecule has 0 unspecified atom stereocenters. The molecule has 1 N–H and O–H groups in total. The molecular formula is C15H17N3. The van der Waals surface area contributed by atoms with Crippen LogP contribution in [0, 0.1) is 16.7 Å². The maximum Gasteiger partial charge on any atom is 0.0746 e. The summed E-state index contributed by atoms with van der Waals surface area (Å²) in [6.07, 6.45) is 5.35. The molecule has 2 aromatic rings. The predicted octanol–water partition coefficient (Wildman–Crippen LogP) is 3.28. The lowest BCUT2D eigenvalue weighted by molar-refractivity contribution is 0.233. The Kier molecular flexibility index (Phi) is 2.52. The fourth-order valence-corrected chi connectivity index (χ4v) is 2.68. The highest BCUT2D eigenvalue weighted by atomic mass is 15.0. The molecule has 1 aromatic carbocycles. The van der Waals surface area contributed by atoms with E-state index in [0.717, 1.165) is 25.1 Å². The molecule has 1 aliphatic carbocycles. The molecule has 0 bridgehead atoms. The van der Waals surface area contributed by atoms with Crippen molar-refractivity contribution in [1.82, 2.24) is 4.57 Å². The van der Waals surface area contributed by atoms with Crippen molar-refractivity contribution in [1.29, 1.82) is 5.26 Å². The smallest absolute Gasteiger partial charge is 0.0746 e. The summed E-state index contributed by atoms with van der Waals surface area (Å²) in [5.41, 5.74) is 2.23. The average molecular weight is 239 g/mol. The van der Waals surface area contributed by atoms with Crippen LogP contribution >= 0.6 is 0 Å². The van der Waals surface area contributed by atoms with Crippen LogP contribution in [0.2, 0.25) is 0 Å². The molecule has 3 rings (SSSR count). The quantitative estimate of drug-likeness (QED) is 0.893. The number of rotatable bonds is 3. The van der Waals surface area contributed by atoms with E-state index < -0.39 is 0 Å². The van der Waals surface area contributed by atoms with Gasteiger partial charge in [0, 0.05) is 30.7 Å². The second-order valence-electron chi connectivity index (χ2n) is 5.27. The molecule has 1 aliphatic rings. The van der Waals surface area contributed by atoms with Gasteiger partial charge in [-0.15, -0.1) is 0 Å². The number of fused-ring (bicyclic) bond motifs is 1. The number of benzene rings is 1. The van der Waals surface area contributed by atoms with Crippen LogP contribution in [0.15, 0.2) is 30.5 Å². The normalized spacial score (nSPS) is 17.1. The molecule has 0 aliphatic heterocycles. The van der Waals surface area contributed by atoms with E-state index in [-0.39, 0.29) is 5.41 Å². The Morgan fingerprint density at radius 1 is 1.39 bits per heavy atom. The second kappa shape index (κ2) is 4.06. The molecule has 1 saturated carbocycles. The third-order valence-corrected chi connectivity index (χ3v) is 4.06. The number of aromatic nitrogens is 1. The number of para-hydroxylation sites is 1. The maximum absolute atomic E-state index is 9.24. The van der Waals surface area contributed by atoms with Gasteiger partial charge < -0.3 is 9.88 Å². The Balaban J connectivity index is 1.85. The van der Waals surface area contributed by atoms with Crippen molar-refractivity contribution in [3.63, 3.8) is 0 Å². The first-order valence-corrected chi connectivity index (χ1v) is 6.43. The third kappa shape index (κ3) is 1.65. The van der Waals surface area contributed by atoms with Crippen molar-refractivity contribution in [3.05, 3.63) is 30.5 Å². The van der Waals surface area contributed by atoms with Crippen LogP contribution in [-0.4, -0.2) is 11.1 Å². The highest BCUT2D eigenvalue weighted by molar-refractivity contribution is 5.92. The summed E-state index contributed by atoms with van der Waals surface area (Å²) in [4.78, 5) is 0. The van der Waals surface area contributed by atoms with E-state index in [1.54, 1.807) is 0 Å². The SMILES string of the molecule is Cn1cc(NCC2(C#N)CCC2)c2ccccc21. The molecule has 1 fully saturated rings. The Hall–Kier alpha value is -1.95. The van der Waals surface area contributed by atoms with Gasteiger partial charge >= 0.3 is 0 Å². The first-order valence-electron chi connectivity index (χ1n) is 6.43. The van der Waals surface area contributed by atoms with Crippen LogP contribution in [-0.2, 0) is 7.05 Å². The lowest BCUT2D eigenvalue weighted by Gasteiger charge is -2.35. The third-order valence-electron chi connectivity index (χ3n) is 4.06. The van der Waals surface area contributed by atoms with E-state index in [4.69, 9.17) is 0 Å². The van der Waals surface area contributed by atoms with E-state index in [1.807, 2.05) is 0 Å². The number of hydrogen-bond donors (Lipinski definition) is 1. The van der Waals surface area contributed by atoms with Crippen LogP contribution in [0.25, 0.3) is 10.9 Å². The van der Waals surface area contributed by atoms with Crippen molar-refractivity contribution < 1.29 is 0 Å². The minimum Gasteiger partial charge on any atom is -0.382 e. The van der Waals surface area contributed by atoms with Crippen molar-refractivity contribution in [2.24, 2.45) is 12.5 Å². The highest BCUT2D eigenvalue weighted by Gasteiger charge is 2.37. The summed E-state index contributed by atoms with van der Waals surface area (Å²) < 4.78 is 2.12. The first-order chi connectivity index (χ1) is 8.74. The molecule has 92 valence electrons. The van der Waals surface area contributed by atoms with Crippen LogP contribution < -0.4 is 5.32 Å².